The number of carboxylic acid groups (broad SMARTS) is 1. The molecule has 0 saturated carbocycles. The third-order valence-corrected chi connectivity index (χ3v) is 1.02. The Bertz CT molecular complexity index is 104. The van der Waals surface area contributed by atoms with Crippen molar-refractivity contribution in [3.63, 3.8) is 0 Å². The van der Waals surface area contributed by atoms with Crippen molar-refractivity contribution in [1.29, 1.82) is 0 Å². The number of halogens is 1. The summed E-state index contributed by atoms with van der Waals surface area (Å²) in [5, 5.41) is 8.10. The van der Waals surface area contributed by atoms with Gasteiger partial charge in [-0.25, -0.2) is 0 Å². The van der Waals surface area contributed by atoms with Crippen LogP contribution >= 0.6 is 16.1 Å². The van der Waals surface area contributed by atoms with Gasteiger partial charge in [0, 0.05) is 22.3 Å². The zero-order valence-corrected chi connectivity index (χ0v) is 5.76. The van der Waals surface area contributed by atoms with Gasteiger partial charge in [-0.2, -0.15) is 0 Å². The first-order valence-electron chi connectivity index (χ1n) is 1.93. The van der Waals surface area contributed by atoms with E-state index in [1.165, 1.54) is 10.1 Å². The maximum absolute atomic E-state index is 9.85. The van der Waals surface area contributed by atoms with E-state index in [0.29, 0.717) is 0 Å². The molecule has 0 aromatic carbocycles. The molecule has 0 bridgehead atoms. The number of aliphatic carboxylic acids is 1. The van der Waals surface area contributed by atoms with Crippen molar-refractivity contribution in [2.24, 2.45) is 0 Å². The second kappa shape index (κ2) is 3.49. The van der Waals surface area contributed by atoms with Crippen LogP contribution in [0.3, 0.4) is 0 Å². The number of carbonyl (C=O) groups is 1. The summed E-state index contributed by atoms with van der Waals surface area (Å²) in [6, 6.07) is 0. The molecule has 0 radical (unpaired) electrons. The fourth-order valence-corrected chi connectivity index (χ4v) is 0.408. The molecule has 1 N–H and O–H groups in total. The summed E-state index contributed by atoms with van der Waals surface area (Å²) in [6.45, 7) is 3.26. The topological polar surface area (TPSA) is 40.5 Å². The van der Waals surface area contributed by atoms with Crippen molar-refractivity contribution in [2.45, 2.75) is 0 Å². The fraction of sp³-hybridized carbons (Fsp3) is 0.250. The predicted molar refractivity (Wildman–Crippen MR) is 33.5 cm³/mol. The summed E-state index contributed by atoms with van der Waals surface area (Å²) in [5.74, 6) is -0.887. The second-order valence-electron chi connectivity index (χ2n) is 1.13. The SMILES string of the molecule is C=CN(Br)CC(=O)O. The van der Waals surface area contributed by atoms with Crippen LogP contribution in [-0.4, -0.2) is 21.5 Å². The molecule has 0 aliphatic carbocycles. The van der Waals surface area contributed by atoms with E-state index in [4.69, 9.17) is 5.11 Å². The molecule has 0 aliphatic rings. The molecule has 0 rings (SSSR count). The highest BCUT2D eigenvalue weighted by Crippen LogP contribution is 1.94. The van der Waals surface area contributed by atoms with Gasteiger partial charge in [-0.1, -0.05) is 6.58 Å². The van der Waals surface area contributed by atoms with Gasteiger partial charge in [0.1, 0.15) is 6.54 Å². The van der Waals surface area contributed by atoms with Gasteiger partial charge in [0.15, 0.2) is 0 Å². The number of nitrogens with zero attached hydrogens (tertiary/aromatic N) is 1. The van der Waals surface area contributed by atoms with Crippen LogP contribution in [0.1, 0.15) is 0 Å². The lowest BCUT2D eigenvalue weighted by atomic mass is 10.7. The highest BCUT2D eigenvalue weighted by atomic mass is 79.9. The predicted octanol–water partition coefficient (Wildman–Crippen LogP) is 0.826. The van der Waals surface area contributed by atoms with Gasteiger partial charge in [-0.05, 0) is 0 Å². The minimum Gasteiger partial charge on any atom is -0.480 e. The van der Waals surface area contributed by atoms with E-state index < -0.39 is 5.97 Å². The molecule has 0 aliphatic heterocycles. The van der Waals surface area contributed by atoms with Gasteiger partial charge in [-0.3, -0.25) is 4.79 Å². The van der Waals surface area contributed by atoms with Crippen molar-refractivity contribution in [2.75, 3.05) is 6.54 Å². The van der Waals surface area contributed by atoms with E-state index in [9.17, 15) is 4.79 Å². The van der Waals surface area contributed by atoms with Crippen molar-refractivity contribution in [1.82, 2.24) is 3.93 Å². The molecular weight excluding hydrogens is 174 g/mol. The van der Waals surface area contributed by atoms with Crippen LogP contribution in [0.2, 0.25) is 0 Å². The van der Waals surface area contributed by atoms with Gasteiger partial charge in [-0.15, -0.1) is 0 Å². The highest BCUT2D eigenvalue weighted by molar-refractivity contribution is 9.07. The Kier molecular flexibility index (Phi) is 3.26. The first-order valence-corrected chi connectivity index (χ1v) is 2.64. The zero-order valence-electron chi connectivity index (χ0n) is 4.17. The van der Waals surface area contributed by atoms with E-state index in [1.807, 2.05) is 0 Å². The van der Waals surface area contributed by atoms with Crippen LogP contribution in [0.25, 0.3) is 0 Å². The number of rotatable bonds is 3. The molecule has 0 heterocycles. The third kappa shape index (κ3) is 3.67. The molecule has 0 spiro atoms. The Labute approximate surface area is 55.9 Å². The maximum Gasteiger partial charge on any atom is 0.324 e. The minimum atomic E-state index is -0.887. The largest absolute Gasteiger partial charge is 0.480 e. The lowest BCUT2D eigenvalue weighted by molar-refractivity contribution is -0.136. The Balaban J connectivity index is 3.38. The van der Waals surface area contributed by atoms with Gasteiger partial charge in [0.2, 0.25) is 0 Å². The van der Waals surface area contributed by atoms with E-state index in [-0.39, 0.29) is 6.54 Å². The molecule has 4 heteroatoms. The van der Waals surface area contributed by atoms with Gasteiger partial charge < -0.3 is 9.03 Å². The standard InChI is InChI=1S/C4H6BrNO2/c1-2-6(5)3-4(7)8/h2H,1,3H2,(H,7,8). The molecule has 0 aromatic heterocycles. The van der Waals surface area contributed by atoms with Crippen molar-refractivity contribution >= 4 is 22.1 Å². The zero-order chi connectivity index (χ0) is 6.57. The average molecular weight is 180 g/mol. The van der Waals surface area contributed by atoms with Crippen LogP contribution in [-0.2, 0) is 4.79 Å². The van der Waals surface area contributed by atoms with Gasteiger partial charge in [0.25, 0.3) is 0 Å². The minimum absolute atomic E-state index is 0.0660. The Morgan fingerprint density at radius 1 is 2.00 bits per heavy atom. The summed E-state index contributed by atoms with van der Waals surface area (Å²) in [7, 11) is 0. The van der Waals surface area contributed by atoms with E-state index in [2.05, 4.69) is 22.7 Å². The maximum atomic E-state index is 9.85. The van der Waals surface area contributed by atoms with Crippen LogP contribution in [0.4, 0.5) is 0 Å². The van der Waals surface area contributed by atoms with Gasteiger partial charge >= 0.3 is 5.97 Å². The van der Waals surface area contributed by atoms with Crippen molar-refractivity contribution < 1.29 is 9.90 Å². The molecule has 0 unspecified atom stereocenters. The van der Waals surface area contributed by atoms with E-state index in [1.54, 1.807) is 0 Å². The molecule has 0 aromatic rings. The van der Waals surface area contributed by atoms with Crippen LogP contribution in [0, 0.1) is 0 Å². The first-order chi connectivity index (χ1) is 3.66. The van der Waals surface area contributed by atoms with Crippen LogP contribution < -0.4 is 0 Å². The summed E-state index contributed by atoms with van der Waals surface area (Å²) in [5.41, 5.74) is 0. The smallest absolute Gasteiger partial charge is 0.324 e. The van der Waals surface area contributed by atoms with Crippen molar-refractivity contribution in [3.05, 3.63) is 12.8 Å². The van der Waals surface area contributed by atoms with E-state index >= 15 is 0 Å². The summed E-state index contributed by atoms with van der Waals surface area (Å²) in [6.07, 6.45) is 1.38. The Hall–Kier alpha value is -0.510. The number of hydrogen-bond donors (Lipinski definition) is 1. The molecule has 0 saturated heterocycles. The summed E-state index contributed by atoms with van der Waals surface area (Å²) >= 11 is 2.91. The Morgan fingerprint density at radius 3 is 2.62 bits per heavy atom. The number of hydrogen-bond acceptors (Lipinski definition) is 2. The monoisotopic (exact) mass is 179 g/mol. The molecule has 3 nitrogen and oxygen atoms in total. The molecular formula is C4H6BrNO2. The van der Waals surface area contributed by atoms with Crippen molar-refractivity contribution in [3.8, 4) is 0 Å². The molecule has 0 atom stereocenters. The van der Waals surface area contributed by atoms with Crippen LogP contribution in [0.5, 0.6) is 0 Å². The average Bonchev–Trinajstić information content (AvgIpc) is 1.65. The molecule has 0 amide bonds. The Morgan fingerprint density at radius 2 is 2.50 bits per heavy atom. The van der Waals surface area contributed by atoms with E-state index in [0.717, 1.165) is 0 Å². The lowest BCUT2D eigenvalue weighted by Crippen LogP contribution is -2.14. The quantitative estimate of drug-likeness (QED) is 0.653. The summed E-state index contributed by atoms with van der Waals surface area (Å²) < 4.78 is 1.30. The molecule has 8 heavy (non-hydrogen) atoms. The first kappa shape index (κ1) is 7.49. The fourth-order valence-electron chi connectivity index (χ4n) is 0.194. The highest BCUT2D eigenvalue weighted by Gasteiger charge is 1.97. The summed E-state index contributed by atoms with van der Waals surface area (Å²) in [4.78, 5) is 9.85. The normalized spacial score (nSPS) is 8.12. The number of carboxylic acids is 1. The van der Waals surface area contributed by atoms with Gasteiger partial charge in [0.05, 0.1) is 0 Å². The second-order valence-corrected chi connectivity index (χ2v) is 2.05. The van der Waals surface area contributed by atoms with Crippen LogP contribution in [0.15, 0.2) is 12.8 Å². The molecule has 46 valence electrons. The third-order valence-electron chi connectivity index (χ3n) is 0.484. The molecule has 0 fully saturated rings. The lowest BCUT2D eigenvalue weighted by Gasteiger charge is -2.03.